The van der Waals surface area contributed by atoms with Gasteiger partial charge in [0.05, 0.1) is 11.3 Å². The number of nitrogens with zero attached hydrogens (tertiary/aromatic N) is 2. The van der Waals surface area contributed by atoms with Crippen molar-refractivity contribution in [2.75, 3.05) is 13.1 Å². The smallest absolute Gasteiger partial charge is 0.335 e. The Morgan fingerprint density at radius 2 is 1.86 bits per heavy atom. The summed E-state index contributed by atoms with van der Waals surface area (Å²) in [6.45, 7) is 8.82. The van der Waals surface area contributed by atoms with Gasteiger partial charge in [0.2, 0.25) is 5.89 Å². The van der Waals surface area contributed by atoms with Crippen LogP contribution in [0.4, 0.5) is 0 Å². The van der Waals surface area contributed by atoms with Crippen molar-refractivity contribution in [3.8, 4) is 11.5 Å². The summed E-state index contributed by atoms with van der Waals surface area (Å²) in [4.78, 5) is 17.7. The number of carboxylic acids is 1. The van der Waals surface area contributed by atoms with Gasteiger partial charge in [-0.25, -0.2) is 9.78 Å². The van der Waals surface area contributed by atoms with Gasteiger partial charge in [0.1, 0.15) is 5.76 Å². The molecule has 0 saturated carbocycles. The number of aromatic nitrogens is 1. The van der Waals surface area contributed by atoms with Gasteiger partial charge in [-0.1, -0.05) is 13.8 Å². The van der Waals surface area contributed by atoms with Crippen molar-refractivity contribution < 1.29 is 14.3 Å². The molecule has 0 amide bonds. The van der Waals surface area contributed by atoms with E-state index in [1.54, 1.807) is 24.3 Å². The van der Waals surface area contributed by atoms with Crippen LogP contribution in [0.15, 0.2) is 28.7 Å². The largest absolute Gasteiger partial charge is 0.478 e. The number of rotatable bonds is 6. The number of hydrogen-bond donors (Lipinski definition) is 1. The maximum Gasteiger partial charge on any atom is 0.335 e. The fourth-order valence-corrected chi connectivity index (χ4v) is 2.11. The lowest BCUT2D eigenvalue weighted by atomic mass is 10.1. The third-order valence-corrected chi connectivity index (χ3v) is 3.54. The zero-order chi connectivity index (χ0) is 15.4. The van der Waals surface area contributed by atoms with Gasteiger partial charge in [-0.15, -0.1) is 0 Å². The van der Waals surface area contributed by atoms with E-state index in [1.807, 2.05) is 6.92 Å². The first-order chi connectivity index (χ1) is 10.0. The minimum atomic E-state index is -0.938. The summed E-state index contributed by atoms with van der Waals surface area (Å²) in [5.74, 6) is 0.401. The minimum Gasteiger partial charge on any atom is -0.478 e. The molecule has 21 heavy (non-hydrogen) atoms. The molecule has 0 atom stereocenters. The van der Waals surface area contributed by atoms with Crippen LogP contribution < -0.4 is 0 Å². The first-order valence-electron chi connectivity index (χ1n) is 7.07. The summed E-state index contributed by atoms with van der Waals surface area (Å²) in [5.41, 5.74) is 1.97. The van der Waals surface area contributed by atoms with Gasteiger partial charge in [-0.2, -0.15) is 0 Å². The lowest BCUT2D eigenvalue weighted by Crippen LogP contribution is -2.22. The molecular formula is C16H20N2O3. The predicted molar refractivity (Wildman–Crippen MR) is 80.3 cm³/mol. The average Bonchev–Trinajstić information content (AvgIpc) is 2.85. The summed E-state index contributed by atoms with van der Waals surface area (Å²) in [5, 5.41) is 8.90. The van der Waals surface area contributed by atoms with Crippen molar-refractivity contribution in [3.05, 3.63) is 41.3 Å². The number of aromatic carboxylic acids is 1. The number of benzene rings is 1. The molecule has 0 bridgehead atoms. The normalized spacial score (nSPS) is 11.0. The van der Waals surface area contributed by atoms with E-state index in [-0.39, 0.29) is 5.56 Å². The Labute approximate surface area is 124 Å². The lowest BCUT2D eigenvalue weighted by molar-refractivity contribution is 0.0697. The first kappa shape index (κ1) is 15.3. The number of aryl methyl sites for hydroxylation is 1. The fourth-order valence-electron chi connectivity index (χ4n) is 2.11. The van der Waals surface area contributed by atoms with E-state index in [2.05, 4.69) is 23.7 Å². The SMILES string of the molecule is CCN(CC)Cc1nc(-c2ccc(C(=O)O)cc2)oc1C. The highest BCUT2D eigenvalue weighted by atomic mass is 16.4. The molecule has 1 aromatic carbocycles. The Bertz CT molecular complexity index is 613. The van der Waals surface area contributed by atoms with Crippen molar-refractivity contribution >= 4 is 5.97 Å². The van der Waals surface area contributed by atoms with Crippen LogP contribution in [0.1, 0.15) is 35.7 Å². The van der Waals surface area contributed by atoms with E-state index >= 15 is 0 Å². The van der Waals surface area contributed by atoms with Gasteiger partial charge >= 0.3 is 5.97 Å². The Morgan fingerprint density at radius 1 is 1.24 bits per heavy atom. The topological polar surface area (TPSA) is 66.6 Å². The molecule has 112 valence electrons. The van der Waals surface area contributed by atoms with Crippen molar-refractivity contribution in [1.82, 2.24) is 9.88 Å². The van der Waals surface area contributed by atoms with Crippen molar-refractivity contribution in [3.63, 3.8) is 0 Å². The maximum atomic E-state index is 10.8. The summed E-state index contributed by atoms with van der Waals surface area (Å²) in [7, 11) is 0. The van der Waals surface area contributed by atoms with Crippen LogP contribution in [0.3, 0.4) is 0 Å². The molecule has 0 aliphatic rings. The third kappa shape index (κ3) is 3.49. The molecular weight excluding hydrogens is 268 g/mol. The molecule has 0 radical (unpaired) electrons. The number of carbonyl (C=O) groups is 1. The molecule has 1 aromatic heterocycles. The Kier molecular flexibility index (Phi) is 4.75. The second kappa shape index (κ2) is 6.54. The zero-order valence-corrected chi connectivity index (χ0v) is 12.6. The molecule has 5 heteroatoms. The maximum absolute atomic E-state index is 10.8. The Morgan fingerprint density at radius 3 is 2.38 bits per heavy atom. The zero-order valence-electron chi connectivity index (χ0n) is 12.6. The molecule has 5 nitrogen and oxygen atoms in total. The summed E-state index contributed by atoms with van der Waals surface area (Å²) < 4.78 is 5.71. The van der Waals surface area contributed by atoms with E-state index in [4.69, 9.17) is 9.52 Å². The standard InChI is InChI=1S/C16H20N2O3/c1-4-18(5-2)10-14-11(3)21-15(17-14)12-6-8-13(9-7-12)16(19)20/h6-9H,4-5,10H2,1-3H3,(H,19,20). The first-order valence-corrected chi connectivity index (χ1v) is 7.07. The quantitative estimate of drug-likeness (QED) is 0.884. The van der Waals surface area contributed by atoms with E-state index in [0.717, 1.165) is 36.7 Å². The van der Waals surface area contributed by atoms with E-state index in [9.17, 15) is 4.79 Å². The number of carboxylic acid groups (broad SMARTS) is 1. The van der Waals surface area contributed by atoms with Crippen LogP contribution in [-0.2, 0) is 6.54 Å². The molecule has 1 heterocycles. The molecule has 2 aromatic rings. The highest BCUT2D eigenvalue weighted by molar-refractivity contribution is 5.88. The van der Waals surface area contributed by atoms with Crippen LogP contribution >= 0.6 is 0 Å². The van der Waals surface area contributed by atoms with E-state index < -0.39 is 5.97 Å². The van der Waals surface area contributed by atoms with Gasteiger partial charge in [0.25, 0.3) is 0 Å². The lowest BCUT2D eigenvalue weighted by Gasteiger charge is -2.16. The molecule has 0 saturated heterocycles. The van der Waals surface area contributed by atoms with Crippen molar-refractivity contribution in [2.24, 2.45) is 0 Å². The molecule has 2 rings (SSSR count). The van der Waals surface area contributed by atoms with Crippen LogP contribution in [0.2, 0.25) is 0 Å². The molecule has 0 aliphatic heterocycles. The highest BCUT2D eigenvalue weighted by Crippen LogP contribution is 2.23. The summed E-state index contributed by atoms with van der Waals surface area (Å²) >= 11 is 0. The highest BCUT2D eigenvalue weighted by Gasteiger charge is 2.14. The molecule has 0 spiro atoms. The molecule has 0 fully saturated rings. The Hall–Kier alpha value is -2.14. The third-order valence-electron chi connectivity index (χ3n) is 3.54. The van der Waals surface area contributed by atoms with E-state index in [1.165, 1.54) is 0 Å². The fraction of sp³-hybridized carbons (Fsp3) is 0.375. The van der Waals surface area contributed by atoms with Gasteiger partial charge < -0.3 is 9.52 Å². The van der Waals surface area contributed by atoms with Gasteiger partial charge in [0.15, 0.2) is 0 Å². The molecule has 1 N–H and O–H groups in total. The predicted octanol–water partition coefficient (Wildman–Crippen LogP) is 3.19. The van der Waals surface area contributed by atoms with Crippen molar-refractivity contribution in [2.45, 2.75) is 27.3 Å². The Balaban J connectivity index is 2.23. The minimum absolute atomic E-state index is 0.255. The number of oxazole rings is 1. The van der Waals surface area contributed by atoms with Crippen LogP contribution in [0.25, 0.3) is 11.5 Å². The summed E-state index contributed by atoms with van der Waals surface area (Å²) in [6, 6.07) is 6.55. The van der Waals surface area contributed by atoms with Crippen LogP contribution in [-0.4, -0.2) is 34.0 Å². The van der Waals surface area contributed by atoms with Crippen molar-refractivity contribution in [1.29, 1.82) is 0 Å². The molecule has 0 aliphatic carbocycles. The van der Waals surface area contributed by atoms with E-state index in [0.29, 0.717) is 5.89 Å². The monoisotopic (exact) mass is 288 g/mol. The van der Waals surface area contributed by atoms with Crippen LogP contribution in [0.5, 0.6) is 0 Å². The molecule has 0 unspecified atom stereocenters. The van der Waals surface area contributed by atoms with Gasteiger partial charge in [-0.05, 0) is 44.3 Å². The van der Waals surface area contributed by atoms with Gasteiger partial charge in [-0.3, -0.25) is 4.90 Å². The second-order valence-electron chi connectivity index (χ2n) is 4.87. The second-order valence-corrected chi connectivity index (χ2v) is 4.87. The number of hydrogen-bond acceptors (Lipinski definition) is 4. The van der Waals surface area contributed by atoms with Gasteiger partial charge in [0, 0.05) is 12.1 Å². The average molecular weight is 288 g/mol. The summed E-state index contributed by atoms with van der Waals surface area (Å²) in [6.07, 6.45) is 0. The van der Waals surface area contributed by atoms with Crippen LogP contribution in [0, 0.1) is 6.92 Å².